The largest absolute Gasteiger partial charge is 0.353 e. The molecule has 6 nitrogen and oxygen atoms in total. The molecule has 3 N–H and O–H groups in total. The summed E-state index contributed by atoms with van der Waals surface area (Å²) in [6, 6.07) is -0.228. The summed E-state index contributed by atoms with van der Waals surface area (Å²) in [6.45, 7) is 8.91. The van der Waals surface area contributed by atoms with Crippen molar-refractivity contribution in [1.82, 2.24) is 15.1 Å². The quantitative estimate of drug-likeness (QED) is 0.699. The summed E-state index contributed by atoms with van der Waals surface area (Å²) >= 11 is 0. The molecule has 0 aliphatic carbocycles. The molecule has 0 saturated carbocycles. The third-order valence-corrected chi connectivity index (χ3v) is 3.46. The van der Waals surface area contributed by atoms with Crippen LogP contribution in [-0.2, 0) is 9.59 Å². The fourth-order valence-electron chi connectivity index (χ4n) is 2.04. The Balaban J connectivity index is 2.30. The summed E-state index contributed by atoms with van der Waals surface area (Å²) in [5, 5.41) is 2.95. The number of carbonyl (C=O) groups excluding carboxylic acids is 2. The molecule has 0 aromatic carbocycles. The highest BCUT2D eigenvalue weighted by Gasteiger charge is 2.24. The molecule has 110 valence electrons. The van der Waals surface area contributed by atoms with Crippen molar-refractivity contribution in [3.05, 3.63) is 0 Å². The van der Waals surface area contributed by atoms with Crippen LogP contribution >= 0.6 is 0 Å². The van der Waals surface area contributed by atoms with Crippen molar-refractivity contribution in [1.29, 1.82) is 0 Å². The molecule has 2 atom stereocenters. The molecule has 0 spiro atoms. The molecule has 1 saturated heterocycles. The summed E-state index contributed by atoms with van der Waals surface area (Å²) in [5.74, 6) is 0.0463. The molecule has 1 heterocycles. The number of rotatable bonds is 5. The van der Waals surface area contributed by atoms with Gasteiger partial charge in [-0.05, 0) is 20.3 Å². The molecule has 1 aliphatic rings. The van der Waals surface area contributed by atoms with Crippen molar-refractivity contribution in [3.8, 4) is 0 Å². The fourth-order valence-corrected chi connectivity index (χ4v) is 2.04. The number of hydrogen-bond donors (Lipinski definition) is 2. The second kappa shape index (κ2) is 7.45. The highest BCUT2D eigenvalue weighted by Crippen LogP contribution is 2.03. The van der Waals surface area contributed by atoms with E-state index in [1.165, 1.54) is 0 Å². The summed E-state index contributed by atoms with van der Waals surface area (Å²) in [7, 11) is 0. The number of carbonyl (C=O) groups is 2. The van der Waals surface area contributed by atoms with Gasteiger partial charge in [-0.3, -0.25) is 14.5 Å². The van der Waals surface area contributed by atoms with E-state index in [1.807, 2.05) is 13.8 Å². The van der Waals surface area contributed by atoms with Crippen LogP contribution in [0.3, 0.4) is 0 Å². The van der Waals surface area contributed by atoms with Crippen LogP contribution in [0.25, 0.3) is 0 Å². The summed E-state index contributed by atoms with van der Waals surface area (Å²) in [4.78, 5) is 27.3. The number of nitrogens with one attached hydrogen (secondary N) is 1. The Morgan fingerprint density at radius 3 is 2.26 bits per heavy atom. The minimum absolute atomic E-state index is 0.0105. The second-order valence-electron chi connectivity index (χ2n) is 5.27. The van der Waals surface area contributed by atoms with Gasteiger partial charge in [-0.1, -0.05) is 6.92 Å². The van der Waals surface area contributed by atoms with Crippen LogP contribution in [0.4, 0.5) is 0 Å². The van der Waals surface area contributed by atoms with Crippen LogP contribution in [0.5, 0.6) is 0 Å². The first kappa shape index (κ1) is 15.9. The van der Waals surface area contributed by atoms with E-state index >= 15 is 0 Å². The van der Waals surface area contributed by atoms with Gasteiger partial charge >= 0.3 is 0 Å². The number of piperazine rings is 1. The maximum Gasteiger partial charge on any atom is 0.239 e. The lowest BCUT2D eigenvalue weighted by Gasteiger charge is -2.35. The van der Waals surface area contributed by atoms with Crippen LogP contribution < -0.4 is 11.1 Å². The van der Waals surface area contributed by atoms with E-state index < -0.39 is 6.04 Å². The van der Waals surface area contributed by atoms with Gasteiger partial charge in [-0.2, -0.15) is 0 Å². The Labute approximate surface area is 115 Å². The van der Waals surface area contributed by atoms with E-state index in [1.54, 1.807) is 11.8 Å². The maximum atomic E-state index is 11.8. The average molecular weight is 270 g/mol. The van der Waals surface area contributed by atoms with Gasteiger partial charge in [0.25, 0.3) is 0 Å². The maximum absolute atomic E-state index is 11.8. The molecule has 0 bridgehead atoms. The van der Waals surface area contributed by atoms with Gasteiger partial charge in [-0.25, -0.2) is 0 Å². The first-order valence-corrected chi connectivity index (χ1v) is 7.00. The van der Waals surface area contributed by atoms with Gasteiger partial charge in [0.2, 0.25) is 11.8 Å². The van der Waals surface area contributed by atoms with Crippen molar-refractivity contribution in [2.45, 2.75) is 39.3 Å². The predicted octanol–water partition coefficient (Wildman–Crippen LogP) is -0.607. The summed E-state index contributed by atoms with van der Waals surface area (Å²) < 4.78 is 0. The molecule has 1 rings (SSSR count). The van der Waals surface area contributed by atoms with Crippen molar-refractivity contribution in [2.24, 2.45) is 5.73 Å². The average Bonchev–Trinajstić information content (AvgIpc) is 2.38. The number of nitrogens with two attached hydrogens (primary N) is 1. The second-order valence-corrected chi connectivity index (χ2v) is 5.27. The molecule has 6 heteroatoms. The highest BCUT2D eigenvalue weighted by molar-refractivity contribution is 5.81. The van der Waals surface area contributed by atoms with E-state index in [0.717, 1.165) is 19.5 Å². The summed E-state index contributed by atoms with van der Waals surface area (Å²) in [5.41, 5.74) is 5.58. The Morgan fingerprint density at radius 1 is 1.21 bits per heavy atom. The van der Waals surface area contributed by atoms with E-state index in [2.05, 4.69) is 10.2 Å². The van der Waals surface area contributed by atoms with Gasteiger partial charge in [0.05, 0.1) is 12.6 Å². The Bertz CT molecular complexity index is 312. The van der Waals surface area contributed by atoms with E-state index in [-0.39, 0.29) is 17.9 Å². The summed E-state index contributed by atoms with van der Waals surface area (Å²) in [6.07, 6.45) is 0.933. The van der Waals surface area contributed by atoms with Crippen molar-refractivity contribution in [3.63, 3.8) is 0 Å². The zero-order valence-corrected chi connectivity index (χ0v) is 12.2. The third kappa shape index (κ3) is 5.16. The monoisotopic (exact) mass is 270 g/mol. The molecule has 2 unspecified atom stereocenters. The highest BCUT2D eigenvalue weighted by atomic mass is 16.2. The minimum atomic E-state index is -0.444. The fraction of sp³-hybridized carbons (Fsp3) is 0.846. The van der Waals surface area contributed by atoms with Crippen LogP contribution in [0.2, 0.25) is 0 Å². The first-order chi connectivity index (χ1) is 8.93. The van der Waals surface area contributed by atoms with E-state index in [9.17, 15) is 9.59 Å². The zero-order valence-electron chi connectivity index (χ0n) is 12.2. The van der Waals surface area contributed by atoms with Gasteiger partial charge in [0.15, 0.2) is 0 Å². The third-order valence-electron chi connectivity index (χ3n) is 3.46. The lowest BCUT2D eigenvalue weighted by atomic mass is 10.2. The Kier molecular flexibility index (Phi) is 6.24. The standard InChI is InChI=1S/C13H26N4O2/c1-4-10(2)15-12(18)9-16-5-7-17(8-6-16)13(19)11(3)14/h10-11H,4-9,14H2,1-3H3,(H,15,18). The number of nitrogens with zero attached hydrogens (tertiary/aromatic N) is 2. The molecule has 0 radical (unpaired) electrons. The normalized spacial score (nSPS) is 19.9. The van der Waals surface area contributed by atoms with Gasteiger partial charge in [0, 0.05) is 32.2 Å². The van der Waals surface area contributed by atoms with Crippen LogP contribution in [0.15, 0.2) is 0 Å². The van der Waals surface area contributed by atoms with Crippen molar-refractivity contribution >= 4 is 11.8 Å². The van der Waals surface area contributed by atoms with Crippen molar-refractivity contribution in [2.75, 3.05) is 32.7 Å². The lowest BCUT2D eigenvalue weighted by molar-refractivity contribution is -0.134. The number of hydrogen-bond acceptors (Lipinski definition) is 4. The minimum Gasteiger partial charge on any atom is -0.353 e. The topological polar surface area (TPSA) is 78.7 Å². The van der Waals surface area contributed by atoms with Gasteiger partial charge in [0.1, 0.15) is 0 Å². The molecule has 0 aromatic rings. The Morgan fingerprint density at radius 2 is 1.79 bits per heavy atom. The van der Waals surface area contributed by atoms with Crippen molar-refractivity contribution < 1.29 is 9.59 Å². The number of amides is 2. The molecule has 1 fully saturated rings. The molecular formula is C13H26N4O2. The predicted molar refractivity (Wildman–Crippen MR) is 74.6 cm³/mol. The van der Waals surface area contributed by atoms with Gasteiger partial charge in [-0.15, -0.1) is 0 Å². The SMILES string of the molecule is CCC(C)NC(=O)CN1CCN(C(=O)C(C)N)CC1. The van der Waals surface area contributed by atoms with E-state index in [0.29, 0.717) is 19.6 Å². The zero-order chi connectivity index (χ0) is 14.4. The molecule has 0 aromatic heterocycles. The Hall–Kier alpha value is -1.14. The molecular weight excluding hydrogens is 244 g/mol. The molecule has 1 aliphatic heterocycles. The van der Waals surface area contributed by atoms with Gasteiger partial charge < -0.3 is 16.0 Å². The molecule has 2 amide bonds. The van der Waals surface area contributed by atoms with Crippen LogP contribution in [0, 0.1) is 0 Å². The van der Waals surface area contributed by atoms with Crippen LogP contribution in [0.1, 0.15) is 27.2 Å². The molecule has 19 heavy (non-hydrogen) atoms. The first-order valence-electron chi connectivity index (χ1n) is 7.00. The van der Waals surface area contributed by atoms with Crippen LogP contribution in [-0.4, -0.2) is 66.4 Å². The lowest BCUT2D eigenvalue weighted by Crippen LogP contribution is -2.54. The smallest absolute Gasteiger partial charge is 0.239 e. The van der Waals surface area contributed by atoms with E-state index in [4.69, 9.17) is 5.73 Å².